The molecule has 2 rings (SSSR count). The van der Waals surface area contributed by atoms with Crippen molar-refractivity contribution >= 4 is 17.4 Å². The van der Waals surface area contributed by atoms with Gasteiger partial charge in [0, 0.05) is 11.4 Å². The van der Waals surface area contributed by atoms with Gasteiger partial charge in [-0.1, -0.05) is 0 Å². The monoisotopic (exact) mass is 210 g/mol. The van der Waals surface area contributed by atoms with E-state index >= 15 is 0 Å². The fraction of sp³-hybridized carbons (Fsp3) is 0.250. The number of aliphatic hydroxyl groups excluding tert-OH is 1. The second kappa shape index (κ2) is 3.77. The second-order valence-corrected chi connectivity index (χ2v) is 3.45. The lowest BCUT2D eigenvalue weighted by Crippen LogP contribution is -2.07. The summed E-state index contributed by atoms with van der Waals surface area (Å²) in [6, 6.07) is 3.64. The molecule has 14 heavy (non-hydrogen) atoms. The number of nitrogen functional groups attached to an aromatic ring is 1. The molecule has 0 fully saturated rings. The summed E-state index contributed by atoms with van der Waals surface area (Å²) in [5, 5.41) is 14.9. The lowest BCUT2D eigenvalue weighted by molar-refractivity contribution is 0.270. The Morgan fingerprint density at radius 1 is 1.50 bits per heavy atom. The first kappa shape index (κ1) is 9.17. The summed E-state index contributed by atoms with van der Waals surface area (Å²) in [4.78, 5) is 0. The van der Waals surface area contributed by atoms with Gasteiger partial charge in [0.15, 0.2) is 0 Å². The van der Waals surface area contributed by atoms with E-state index in [4.69, 9.17) is 10.8 Å². The Balaban J connectivity index is 2.33. The Kier molecular flexibility index (Phi) is 2.47. The zero-order chi connectivity index (χ0) is 9.97. The van der Waals surface area contributed by atoms with Gasteiger partial charge in [-0.3, -0.25) is 0 Å². The molecule has 6 heteroatoms. The van der Waals surface area contributed by atoms with Gasteiger partial charge in [-0.15, -0.1) is 0 Å². The molecule has 2 aromatic heterocycles. The molecule has 2 aromatic rings. The number of anilines is 1. The number of nitrogens with two attached hydrogens (primary N) is 1. The minimum absolute atomic E-state index is 0.0301. The molecule has 3 N–H and O–H groups in total. The maximum absolute atomic E-state index is 8.75. The van der Waals surface area contributed by atoms with Gasteiger partial charge in [0.05, 0.1) is 13.2 Å². The van der Waals surface area contributed by atoms with Crippen LogP contribution in [0.1, 0.15) is 0 Å². The highest BCUT2D eigenvalue weighted by atomic mass is 32.1. The third-order valence-corrected chi connectivity index (χ3v) is 2.38. The third-order valence-electron chi connectivity index (χ3n) is 1.82. The van der Waals surface area contributed by atoms with Crippen LogP contribution in [-0.2, 0) is 6.54 Å². The van der Waals surface area contributed by atoms with Gasteiger partial charge >= 0.3 is 0 Å². The molecule has 0 saturated carbocycles. The molecule has 5 nitrogen and oxygen atoms in total. The van der Waals surface area contributed by atoms with Gasteiger partial charge in [-0.25, -0.2) is 4.68 Å². The van der Waals surface area contributed by atoms with Crippen molar-refractivity contribution in [2.24, 2.45) is 0 Å². The van der Waals surface area contributed by atoms with E-state index in [9.17, 15) is 0 Å². The summed E-state index contributed by atoms with van der Waals surface area (Å²) in [5.41, 5.74) is 7.26. The molecule has 0 saturated heterocycles. The average Bonchev–Trinajstić information content (AvgIpc) is 2.76. The largest absolute Gasteiger partial charge is 0.394 e. The van der Waals surface area contributed by atoms with Gasteiger partial charge in [-0.05, 0) is 17.6 Å². The van der Waals surface area contributed by atoms with E-state index in [2.05, 4.69) is 9.47 Å². The molecule has 0 aliphatic heterocycles. The van der Waals surface area contributed by atoms with Gasteiger partial charge in [0.1, 0.15) is 17.2 Å². The first-order valence-corrected chi connectivity index (χ1v) is 5.00. The molecule has 0 aromatic carbocycles. The van der Waals surface area contributed by atoms with E-state index in [1.165, 1.54) is 11.5 Å². The van der Waals surface area contributed by atoms with E-state index in [1.54, 1.807) is 10.7 Å². The van der Waals surface area contributed by atoms with Crippen LogP contribution in [0.3, 0.4) is 0 Å². The summed E-state index contributed by atoms with van der Waals surface area (Å²) in [6.45, 7) is 0.443. The highest BCUT2D eigenvalue weighted by Gasteiger charge is 2.07. The van der Waals surface area contributed by atoms with Crippen LogP contribution in [0.25, 0.3) is 11.4 Å². The van der Waals surface area contributed by atoms with Crippen molar-refractivity contribution in [3.05, 3.63) is 17.5 Å². The Morgan fingerprint density at radius 3 is 3.00 bits per heavy atom. The maximum atomic E-state index is 8.75. The lowest BCUT2D eigenvalue weighted by atomic mass is 10.3. The van der Waals surface area contributed by atoms with Crippen LogP contribution >= 0.6 is 11.5 Å². The normalized spacial score (nSPS) is 10.6. The molecule has 0 atom stereocenters. The lowest BCUT2D eigenvalue weighted by Gasteiger charge is -1.98. The van der Waals surface area contributed by atoms with Crippen LogP contribution in [0.5, 0.6) is 0 Å². The SMILES string of the molecule is Nc1cc(-c2ccsn2)nn1CCO. The van der Waals surface area contributed by atoms with Crippen LogP contribution in [0.15, 0.2) is 17.5 Å². The van der Waals surface area contributed by atoms with E-state index in [-0.39, 0.29) is 6.61 Å². The number of aliphatic hydroxyl groups is 1. The van der Waals surface area contributed by atoms with Gasteiger partial charge < -0.3 is 10.8 Å². The topological polar surface area (TPSA) is 77.0 Å². The molecule has 74 valence electrons. The quantitative estimate of drug-likeness (QED) is 0.777. The zero-order valence-electron chi connectivity index (χ0n) is 7.42. The Morgan fingerprint density at radius 2 is 2.36 bits per heavy atom. The van der Waals surface area contributed by atoms with Crippen LogP contribution in [0.4, 0.5) is 5.82 Å². The molecule has 0 radical (unpaired) electrons. The van der Waals surface area contributed by atoms with E-state index in [0.29, 0.717) is 12.4 Å². The van der Waals surface area contributed by atoms with Crippen molar-refractivity contribution in [1.82, 2.24) is 14.2 Å². The van der Waals surface area contributed by atoms with E-state index in [1.807, 2.05) is 11.4 Å². The Bertz CT molecular complexity index is 409. The first-order valence-electron chi connectivity index (χ1n) is 4.16. The van der Waals surface area contributed by atoms with Crippen molar-refractivity contribution in [2.75, 3.05) is 12.3 Å². The van der Waals surface area contributed by atoms with Crippen LogP contribution < -0.4 is 5.73 Å². The predicted octanol–water partition coefficient (Wildman–Crippen LogP) is 0.581. The van der Waals surface area contributed by atoms with Gasteiger partial charge in [0.2, 0.25) is 0 Å². The molecule has 0 unspecified atom stereocenters. The minimum Gasteiger partial charge on any atom is -0.394 e. The summed E-state index contributed by atoms with van der Waals surface area (Å²) in [6.07, 6.45) is 0. The van der Waals surface area contributed by atoms with Crippen LogP contribution in [-0.4, -0.2) is 25.9 Å². The van der Waals surface area contributed by atoms with Crippen molar-refractivity contribution in [2.45, 2.75) is 6.54 Å². The molecule has 0 spiro atoms. The van der Waals surface area contributed by atoms with Crippen molar-refractivity contribution in [3.8, 4) is 11.4 Å². The highest BCUT2D eigenvalue weighted by molar-refractivity contribution is 7.03. The summed E-state index contributed by atoms with van der Waals surface area (Å²) in [5.74, 6) is 0.544. The number of rotatable bonds is 3. The number of hydrogen-bond donors (Lipinski definition) is 2. The Labute approximate surface area is 85.0 Å². The average molecular weight is 210 g/mol. The number of hydrogen-bond acceptors (Lipinski definition) is 5. The second-order valence-electron chi connectivity index (χ2n) is 2.79. The molecule has 0 bridgehead atoms. The standard InChI is InChI=1S/C8H10N4OS/c9-8-5-7(6-1-4-14-11-6)10-12(8)2-3-13/h1,4-5,13H,2-3,9H2. The number of nitrogens with zero attached hydrogens (tertiary/aromatic N) is 3. The fourth-order valence-corrected chi connectivity index (χ4v) is 1.69. The smallest absolute Gasteiger partial charge is 0.122 e. The molecule has 0 aliphatic rings. The minimum atomic E-state index is 0.0301. The maximum Gasteiger partial charge on any atom is 0.122 e. The highest BCUT2D eigenvalue weighted by Crippen LogP contribution is 2.19. The molecule has 0 amide bonds. The summed E-state index contributed by atoms with van der Waals surface area (Å²) >= 11 is 1.37. The fourth-order valence-electron chi connectivity index (χ4n) is 1.17. The van der Waals surface area contributed by atoms with Gasteiger partial charge in [-0.2, -0.15) is 9.47 Å². The summed E-state index contributed by atoms with van der Waals surface area (Å²) < 4.78 is 5.71. The van der Waals surface area contributed by atoms with Crippen molar-refractivity contribution in [3.63, 3.8) is 0 Å². The Hall–Kier alpha value is -1.40. The number of aromatic nitrogens is 3. The van der Waals surface area contributed by atoms with Crippen LogP contribution in [0.2, 0.25) is 0 Å². The predicted molar refractivity (Wildman–Crippen MR) is 54.8 cm³/mol. The molecular weight excluding hydrogens is 200 g/mol. The summed E-state index contributed by atoms with van der Waals surface area (Å²) in [7, 11) is 0. The molecule has 2 heterocycles. The van der Waals surface area contributed by atoms with Crippen LogP contribution in [0, 0.1) is 0 Å². The molecular formula is C8H10N4OS. The van der Waals surface area contributed by atoms with Gasteiger partial charge in [0.25, 0.3) is 0 Å². The van der Waals surface area contributed by atoms with Crippen molar-refractivity contribution in [1.29, 1.82) is 0 Å². The van der Waals surface area contributed by atoms with E-state index < -0.39 is 0 Å². The van der Waals surface area contributed by atoms with E-state index in [0.717, 1.165) is 11.4 Å². The first-order chi connectivity index (χ1) is 6.81. The molecule has 0 aliphatic carbocycles. The zero-order valence-corrected chi connectivity index (χ0v) is 8.24. The van der Waals surface area contributed by atoms with Crippen molar-refractivity contribution < 1.29 is 5.11 Å². The third kappa shape index (κ3) is 1.61.